The van der Waals surface area contributed by atoms with Gasteiger partial charge >= 0.3 is 0 Å². The van der Waals surface area contributed by atoms with Crippen molar-refractivity contribution in [2.24, 2.45) is 24.8 Å². The monoisotopic (exact) mass is 331 g/mol. The van der Waals surface area contributed by atoms with Crippen LogP contribution in [0.4, 0.5) is 0 Å². The molecule has 130 valence electrons. The van der Waals surface area contributed by atoms with Gasteiger partial charge in [0, 0.05) is 50.6 Å². The van der Waals surface area contributed by atoms with Crippen LogP contribution >= 0.6 is 0 Å². The van der Waals surface area contributed by atoms with Crippen molar-refractivity contribution in [1.82, 2.24) is 14.8 Å². The zero-order valence-electron chi connectivity index (χ0n) is 14.1. The second-order valence-electron chi connectivity index (χ2n) is 7.38. The topological polar surface area (TPSA) is 63.6 Å². The van der Waals surface area contributed by atoms with Crippen LogP contribution in [-0.2, 0) is 16.6 Å². The van der Waals surface area contributed by atoms with Gasteiger partial charge in [-0.2, -0.15) is 0 Å². The molecule has 4 rings (SSSR count). The molecule has 1 N–H and O–H groups in total. The fraction of sp³-hybridized carbons (Fsp3) is 0.667. The van der Waals surface area contributed by atoms with Crippen LogP contribution in [-0.4, -0.2) is 53.6 Å². The van der Waals surface area contributed by atoms with E-state index >= 15 is 0 Å². The Morgan fingerprint density at radius 3 is 2.83 bits per heavy atom. The summed E-state index contributed by atoms with van der Waals surface area (Å²) in [5.41, 5.74) is 0.665. The summed E-state index contributed by atoms with van der Waals surface area (Å²) in [7, 11) is 1.87. The Kier molecular flexibility index (Phi) is 4.08. The molecule has 24 heavy (non-hydrogen) atoms. The number of likely N-dealkylation sites (tertiary alicyclic amines) is 1. The van der Waals surface area contributed by atoms with Crippen molar-refractivity contribution in [3.8, 4) is 0 Å². The summed E-state index contributed by atoms with van der Waals surface area (Å²) in [5, 5.41) is 3.03. The molecule has 0 spiro atoms. The van der Waals surface area contributed by atoms with Crippen LogP contribution in [0, 0.1) is 17.8 Å². The van der Waals surface area contributed by atoms with Gasteiger partial charge in [0.25, 0.3) is 5.91 Å². The maximum Gasteiger partial charge on any atom is 0.267 e. The van der Waals surface area contributed by atoms with Crippen LogP contribution in [0.25, 0.3) is 0 Å². The molecule has 6 nitrogen and oxygen atoms in total. The number of nitrogens with one attached hydrogen (secondary N) is 1. The minimum atomic E-state index is -0.0497. The molecular formula is C18H25N3O3. The van der Waals surface area contributed by atoms with Crippen molar-refractivity contribution < 1.29 is 14.3 Å². The molecule has 3 atom stereocenters. The van der Waals surface area contributed by atoms with E-state index in [-0.39, 0.29) is 17.9 Å². The van der Waals surface area contributed by atoms with Gasteiger partial charge in [0.2, 0.25) is 5.91 Å². The quantitative estimate of drug-likeness (QED) is 0.896. The Balaban J connectivity index is 1.32. The van der Waals surface area contributed by atoms with Gasteiger partial charge in [-0.05, 0) is 25.0 Å². The van der Waals surface area contributed by atoms with Crippen molar-refractivity contribution in [1.29, 1.82) is 0 Å². The zero-order valence-corrected chi connectivity index (χ0v) is 14.1. The number of rotatable bonds is 4. The molecule has 1 aromatic heterocycles. The van der Waals surface area contributed by atoms with Crippen molar-refractivity contribution in [2.45, 2.75) is 25.4 Å². The predicted molar refractivity (Wildman–Crippen MR) is 88.4 cm³/mol. The van der Waals surface area contributed by atoms with Crippen molar-refractivity contribution in [2.75, 3.05) is 26.2 Å². The van der Waals surface area contributed by atoms with Crippen LogP contribution in [0.3, 0.4) is 0 Å². The Hall–Kier alpha value is -1.82. The largest absolute Gasteiger partial charge is 0.376 e. The lowest BCUT2D eigenvalue weighted by Gasteiger charge is -2.29. The van der Waals surface area contributed by atoms with Gasteiger partial charge in [-0.3, -0.25) is 9.59 Å². The average Bonchev–Trinajstić information content (AvgIpc) is 3.18. The van der Waals surface area contributed by atoms with E-state index in [9.17, 15) is 9.59 Å². The number of aryl methyl sites for hydroxylation is 1. The Morgan fingerprint density at radius 1 is 1.33 bits per heavy atom. The first-order valence-electron chi connectivity index (χ1n) is 8.93. The van der Waals surface area contributed by atoms with E-state index in [4.69, 9.17) is 4.74 Å². The Bertz CT molecular complexity index is 637. The van der Waals surface area contributed by atoms with E-state index in [1.165, 1.54) is 6.42 Å². The number of aromatic nitrogens is 1. The number of carbonyl (C=O) groups is 2. The molecule has 0 aromatic carbocycles. The highest BCUT2D eigenvalue weighted by Crippen LogP contribution is 2.36. The van der Waals surface area contributed by atoms with Gasteiger partial charge in [-0.1, -0.05) is 6.42 Å². The number of hydrogen-bond donors (Lipinski definition) is 1. The van der Waals surface area contributed by atoms with Crippen LogP contribution in [0.2, 0.25) is 0 Å². The van der Waals surface area contributed by atoms with Crippen molar-refractivity contribution in [3.05, 3.63) is 24.0 Å². The number of ether oxygens (including phenoxy) is 1. The van der Waals surface area contributed by atoms with Crippen LogP contribution in [0.5, 0.6) is 0 Å². The summed E-state index contributed by atoms with van der Waals surface area (Å²) in [5.74, 6) is 1.15. The third-order valence-corrected chi connectivity index (χ3v) is 5.91. The lowest BCUT2D eigenvalue weighted by Crippen LogP contribution is -2.39. The third-order valence-electron chi connectivity index (χ3n) is 5.91. The minimum Gasteiger partial charge on any atom is -0.376 e. The molecule has 6 heteroatoms. The smallest absolute Gasteiger partial charge is 0.267 e. The number of hydrogen-bond acceptors (Lipinski definition) is 3. The maximum absolute atomic E-state index is 12.4. The fourth-order valence-electron chi connectivity index (χ4n) is 4.11. The van der Waals surface area contributed by atoms with Gasteiger partial charge in [0.1, 0.15) is 5.69 Å². The van der Waals surface area contributed by atoms with Crippen molar-refractivity contribution in [3.63, 3.8) is 0 Å². The zero-order chi connectivity index (χ0) is 16.7. The first-order valence-corrected chi connectivity index (χ1v) is 8.93. The number of carbonyl (C=O) groups excluding carboxylic acids is 2. The highest BCUT2D eigenvalue weighted by atomic mass is 16.5. The van der Waals surface area contributed by atoms with E-state index in [1.54, 1.807) is 0 Å². The highest BCUT2D eigenvalue weighted by molar-refractivity contribution is 5.92. The molecular weight excluding hydrogens is 306 g/mol. The van der Waals surface area contributed by atoms with Gasteiger partial charge in [0.15, 0.2) is 0 Å². The summed E-state index contributed by atoms with van der Waals surface area (Å²) in [6.45, 7) is 2.79. The Morgan fingerprint density at radius 2 is 2.17 bits per heavy atom. The molecule has 0 unspecified atom stereocenters. The second kappa shape index (κ2) is 6.24. The highest BCUT2D eigenvalue weighted by Gasteiger charge is 2.46. The van der Waals surface area contributed by atoms with Gasteiger partial charge in [-0.25, -0.2) is 0 Å². The van der Waals surface area contributed by atoms with Gasteiger partial charge < -0.3 is 19.5 Å². The SMILES string of the molecule is Cn1cccc1C(=O)NC[C@@H]1CO[C@@H]2CN(C(=O)C3CCC3)C[C@H]12. The summed E-state index contributed by atoms with van der Waals surface area (Å²) in [6, 6.07) is 3.68. The predicted octanol–water partition coefficient (Wildman–Crippen LogP) is 1.03. The average molecular weight is 331 g/mol. The summed E-state index contributed by atoms with van der Waals surface area (Å²) in [4.78, 5) is 26.7. The van der Waals surface area contributed by atoms with E-state index in [1.807, 2.05) is 34.8 Å². The molecule has 3 fully saturated rings. The molecule has 0 bridgehead atoms. The second-order valence-corrected chi connectivity index (χ2v) is 7.38. The number of fused-ring (bicyclic) bond motifs is 1. The molecule has 0 radical (unpaired) electrons. The third kappa shape index (κ3) is 2.73. The lowest BCUT2D eigenvalue weighted by atomic mass is 9.84. The molecule has 1 aliphatic carbocycles. The lowest BCUT2D eigenvalue weighted by molar-refractivity contribution is -0.137. The molecule has 3 heterocycles. The van der Waals surface area contributed by atoms with E-state index < -0.39 is 0 Å². The molecule has 1 aromatic rings. The van der Waals surface area contributed by atoms with E-state index in [0.717, 1.165) is 25.9 Å². The summed E-state index contributed by atoms with van der Waals surface area (Å²) in [6.07, 6.45) is 5.28. The molecule has 3 aliphatic rings. The van der Waals surface area contributed by atoms with E-state index in [2.05, 4.69) is 5.32 Å². The van der Waals surface area contributed by atoms with Crippen LogP contribution in [0.15, 0.2) is 18.3 Å². The van der Waals surface area contributed by atoms with Gasteiger partial charge in [-0.15, -0.1) is 0 Å². The summed E-state index contributed by atoms with van der Waals surface area (Å²) >= 11 is 0. The molecule has 2 aliphatic heterocycles. The molecule has 1 saturated carbocycles. The maximum atomic E-state index is 12.4. The first-order chi connectivity index (χ1) is 11.6. The fourth-order valence-corrected chi connectivity index (χ4v) is 4.11. The minimum absolute atomic E-state index is 0.0497. The van der Waals surface area contributed by atoms with Crippen molar-refractivity contribution >= 4 is 11.8 Å². The summed E-state index contributed by atoms with van der Waals surface area (Å²) < 4.78 is 7.71. The molecule has 2 saturated heterocycles. The number of nitrogens with zero attached hydrogens (tertiary/aromatic N) is 2. The normalized spacial score (nSPS) is 29.4. The Labute approximate surface area is 142 Å². The molecule has 2 amide bonds. The van der Waals surface area contributed by atoms with Crippen LogP contribution < -0.4 is 5.32 Å². The standard InChI is InChI=1S/C18H25N3O3/c1-20-7-3-6-15(20)17(22)19-8-13-11-24-16-10-21(9-14(13)16)18(23)12-4-2-5-12/h3,6-7,12-14,16H,2,4-5,8-11H2,1H3,(H,19,22)/t13-,14-,16-/m1/s1. The van der Waals surface area contributed by atoms with Crippen LogP contribution in [0.1, 0.15) is 29.8 Å². The number of amides is 2. The van der Waals surface area contributed by atoms with E-state index in [0.29, 0.717) is 36.6 Å². The first kappa shape index (κ1) is 15.7. The van der Waals surface area contributed by atoms with Gasteiger partial charge in [0.05, 0.1) is 12.7 Å².